The number of carbonyl (C=O) groups is 1. The van der Waals surface area contributed by atoms with Crippen LogP contribution in [0.3, 0.4) is 0 Å². The average Bonchev–Trinajstić information content (AvgIpc) is 3.16. The van der Waals surface area contributed by atoms with Crippen molar-refractivity contribution in [3.63, 3.8) is 0 Å². The minimum Gasteiger partial charge on any atom is -0.305 e. The molecule has 1 amide bonds. The molecule has 0 aliphatic rings. The van der Waals surface area contributed by atoms with Crippen molar-refractivity contribution in [1.29, 1.82) is 0 Å². The Morgan fingerprint density at radius 1 is 1.29 bits per heavy atom. The monoisotopic (exact) mass is 342 g/mol. The van der Waals surface area contributed by atoms with Gasteiger partial charge in [-0.3, -0.25) is 20.0 Å². The largest absolute Gasteiger partial charge is 0.305 e. The van der Waals surface area contributed by atoms with Gasteiger partial charge in [-0.2, -0.15) is 5.10 Å². The van der Waals surface area contributed by atoms with Crippen LogP contribution in [0.25, 0.3) is 10.6 Å². The third kappa shape index (κ3) is 3.04. The lowest BCUT2D eigenvalue weighted by Gasteiger charge is -2.05. The predicted octanol–water partition coefficient (Wildman–Crippen LogP) is 3.92. The van der Waals surface area contributed by atoms with E-state index in [1.165, 1.54) is 17.0 Å². The van der Waals surface area contributed by atoms with Crippen molar-refractivity contribution in [3.8, 4) is 10.6 Å². The second-order valence-corrected chi connectivity index (χ2v) is 6.53. The highest BCUT2D eigenvalue weighted by Crippen LogP contribution is 2.28. The van der Waals surface area contributed by atoms with E-state index in [4.69, 9.17) is 0 Å². The Balaban J connectivity index is 1.82. The van der Waals surface area contributed by atoms with Crippen molar-refractivity contribution in [2.24, 2.45) is 0 Å². The van der Waals surface area contributed by atoms with Crippen molar-refractivity contribution in [1.82, 2.24) is 10.2 Å². The zero-order valence-corrected chi connectivity index (χ0v) is 13.8. The lowest BCUT2D eigenvalue weighted by molar-refractivity contribution is -0.385. The highest BCUT2D eigenvalue weighted by molar-refractivity contribution is 7.15. The molecule has 0 unspecified atom stereocenters. The molecule has 0 saturated carbocycles. The van der Waals surface area contributed by atoms with Gasteiger partial charge in [-0.25, -0.2) is 0 Å². The fourth-order valence-corrected chi connectivity index (χ4v) is 3.18. The number of rotatable bonds is 4. The van der Waals surface area contributed by atoms with Crippen LogP contribution in [0.15, 0.2) is 36.4 Å². The maximum atomic E-state index is 12.4. The molecule has 0 radical (unpaired) electrons. The van der Waals surface area contributed by atoms with Gasteiger partial charge >= 0.3 is 0 Å². The van der Waals surface area contributed by atoms with Crippen molar-refractivity contribution in [2.75, 3.05) is 5.32 Å². The average molecular weight is 342 g/mol. The first-order valence-corrected chi connectivity index (χ1v) is 7.95. The maximum absolute atomic E-state index is 12.4. The van der Waals surface area contributed by atoms with Crippen LogP contribution in [0.1, 0.15) is 20.8 Å². The first-order chi connectivity index (χ1) is 11.5. The quantitative estimate of drug-likeness (QED) is 0.554. The van der Waals surface area contributed by atoms with Gasteiger partial charge in [-0.1, -0.05) is 6.07 Å². The number of aromatic nitrogens is 2. The van der Waals surface area contributed by atoms with Gasteiger partial charge in [0.15, 0.2) is 5.82 Å². The van der Waals surface area contributed by atoms with Crippen LogP contribution in [0.4, 0.5) is 11.5 Å². The molecule has 2 N–H and O–H groups in total. The molecule has 0 aliphatic heterocycles. The standard InChI is InChI=1S/C16H14N4O3S/c1-9-6-7-14(24-9)12-8-15(19-18-12)17-16(21)11-4-3-5-13(10(11)2)20(22)23/h3-8H,1-2H3,(H2,17,18,19,21). The second-order valence-electron chi connectivity index (χ2n) is 5.24. The Morgan fingerprint density at radius 3 is 2.75 bits per heavy atom. The maximum Gasteiger partial charge on any atom is 0.273 e. The lowest BCUT2D eigenvalue weighted by atomic mass is 10.1. The van der Waals surface area contributed by atoms with E-state index in [1.807, 2.05) is 19.1 Å². The Kier molecular flexibility index (Phi) is 4.13. The number of amides is 1. The third-order valence-corrected chi connectivity index (χ3v) is 4.61. The van der Waals surface area contributed by atoms with E-state index < -0.39 is 10.8 Å². The molecule has 0 atom stereocenters. The molecule has 0 spiro atoms. The van der Waals surface area contributed by atoms with E-state index in [1.54, 1.807) is 30.4 Å². The summed E-state index contributed by atoms with van der Waals surface area (Å²) in [5, 5.41) is 20.6. The molecule has 1 aromatic carbocycles. The summed E-state index contributed by atoms with van der Waals surface area (Å²) in [6.07, 6.45) is 0. The summed E-state index contributed by atoms with van der Waals surface area (Å²) in [4.78, 5) is 25.0. The molecule has 0 fully saturated rings. The number of hydrogen-bond acceptors (Lipinski definition) is 5. The summed E-state index contributed by atoms with van der Waals surface area (Å²) in [6.45, 7) is 3.57. The van der Waals surface area contributed by atoms with Crippen LogP contribution in [-0.4, -0.2) is 21.0 Å². The number of anilines is 1. The van der Waals surface area contributed by atoms with Crippen LogP contribution < -0.4 is 5.32 Å². The number of thiophene rings is 1. The number of nitro benzene ring substituents is 1. The smallest absolute Gasteiger partial charge is 0.273 e. The summed E-state index contributed by atoms with van der Waals surface area (Å²) in [5.74, 6) is -0.0661. The molecule has 24 heavy (non-hydrogen) atoms. The van der Waals surface area contributed by atoms with Gasteiger partial charge in [0.25, 0.3) is 11.6 Å². The molecular formula is C16H14N4O3S. The Morgan fingerprint density at radius 2 is 2.08 bits per heavy atom. The van der Waals surface area contributed by atoms with Gasteiger partial charge in [0.05, 0.1) is 15.5 Å². The van der Waals surface area contributed by atoms with Crippen LogP contribution in [0.2, 0.25) is 0 Å². The molecule has 2 aromatic heterocycles. The molecule has 8 heteroatoms. The number of hydrogen-bond donors (Lipinski definition) is 2. The fourth-order valence-electron chi connectivity index (χ4n) is 2.34. The second kappa shape index (κ2) is 6.25. The lowest BCUT2D eigenvalue weighted by Crippen LogP contribution is -2.14. The third-order valence-electron chi connectivity index (χ3n) is 3.57. The van der Waals surface area contributed by atoms with Crippen molar-refractivity contribution in [3.05, 3.63) is 62.5 Å². The van der Waals surface area contributed by atoms with Crippen LogP contribution in [0.5, 0.6) is 0 Å². The Labute approximate surface area is 141 Å². The minimum absolute atomic E-state index is 0.0839. The molecule has 2 heterocycles. The molecule has 0 saturated heterocycles. The highest BCUT2D eigenvalue weighted by atomic mass is 32.1. The van der Waals surface area contributed by atoms with E-state index in [9.17, 15) is 14.9 Å². The van der Waals surface area contributed by atoms with Crippen LogP contribution in [-0.2, 0) is 0 Å². The number of nitro groups is 1. The summed E-state index contributed by atoms with van der Waals surface area (Å²) in [5.41, 5.74) is 1.30. The number of benzene rings is 1. The van der Waals surface area contributed by atoms with E-state index >= 15 is 0 Å². The SMILES string of the molecule is Cc1ccc(-c2cc(NC(=O)c3cccc([N+](=O)[O-])c3C)n[nH]2)s1. The zero-order valence-electron chi connectivity index (χ0n) is 13.0. The minimum atomic E-state index is -0.502. The number of H-pyrrole nitrogens is 1. The van der Waals surface area contributed by atoms with Crippen molar-refractivity contribution >= 4 is 28.7 Å². The van der Waals surface area contributed by atoms with Gasteiger partial charge in [0.2, 0.25) is 0 Å². The first-order valence-electron chi connectivity index (χ1n) is 7.13. The van der Waals surface area contributed by atoms with E-state index in [0.717, 1.165) is 10.6 Å². The number of carbonyl (C=O) groups excluding carboxylic acids is 1. The van der Waals surface area contributed by atoms with Crippen LogP contribution >= 0.6 is 11.3 Å². The number of nitrogens with zero attached hydrogens (tertiary/aromatic N) is 2. The highest BCUT2D eigenvalue weighted by Gasteiger charge is 2.18. The first kappa shape index (κ1) is 15.9. The van der Waals surface area contributed by atoms with Crippen LogP contribution in [0, 0.1) is 24.0 Å². The predicted molar refractivity (Wildman–Crippen MR) is 92.4 cm³/mol. The normalized spacial score (nSPS) is 10.6. The molecule has 122 valence electrons. The van der Waals surface area contributed by atoms with E-state index in [0.29, 0.717) is 11.4 Å². The number of aryl methyl sites for hydroxylation is 1. The van der Waals surface area contributed by atoms with E-state index in [-0.39, 0.29) is 11.3 Å². The van der Waals surface area contributed by atoms with Gasteiger partial charge in [-0.15, -0.1) is 11.3 Å². The molecule has 0 aliphatic carbocycles. The van der Waals surface area contributed by atoms with Gasteiger partial charge < -0.3 is 5.32 Å². The molecule has 7 nitrogen and oxygen atoms in total. The Bertz CT molecular complexity index is 929. The van der Waals surface area contributed by atoms with E-state index in [2.05, 4.69) is 15.5 Å². The molecule has 3 aromatic rings. The van der Waals surface area contributed by atoms with Gasteiger partial charge in [-0.05, 0) is 32.0 Å². The van der Waals surface area contributed by atoms with Crippen molar-refractivity contribution < 1.29 is 9.72 Å². The van der Waals surface area contributed by atoms with Gasteiger partial charge in [0, 0.05) is 28.1 Å². The summed E-state index contributed by atoms with van der Waals surface area (Å²) >= 11 is 1.62. The summed E-state index contributed by atoms with van der Waals surface area (Å²) < 4.78 is 0. The molecule has 3 rings (SSSR count). The number of nitrogens with one attached hydrogen (secondary N) is 2. The number of aromatic amines is 1. The summed E-state index contributed by atoms with van der Waals surface area (Å²) in [7, 11) is 0. The fraction of sp³-hybridized carbons (Fsp3) is 0.125. The van der Waals surface area contributed by atoms with Crippen molar-refractivity contribution in [2.45, 2.75) is 13.8 Å². The molecular weight excluding hydrogens is 328 g/mol. The topological polar surface area (TPSA) is 101 Å². The Hall–Kier alpha value is -3.00. The van der Waals surface area contributed by atoms with Gasteiger partial charge in [0.1, 0.15) is 0 Å². The summed E-state index contributed by atoms with van der Waals surface area (Å²) in [6, 6.07) is 10.1. The molecule has 0 bridgehead atoms. The zero-order chi connectivity index (χ0) is 17.3.